The molecule has 0 radical (unpaired) electrons. The van der Waals surface area contributed by atoms with Crippen LogP contribution in [0.1, 0.15) is 60.5 Å². The highest BCUT2D eigenvalue weighted by molar-refractivity contribution is 7.11. The van der Waals surface area contributed by atoms with Crippen LogP contribution in [-0.2, 0) is 27.2 Å². The van der Waals surface area contributed by atoms with E-state index in [1.54, 1.807) is 30.0 Å². The van der Waals surface area contributed by atoms with Gasteiger partial charge in [0.15, 0.2) is 5.78 Å². The number of aromatic nitrogens is 2. The summed E-state index contributed by atoms with van der Waals surface area (Å²) < 4.78 is 6.57. The molecule has 1 atom stereocenters. The van der Waals surface area contributed by atoms with Crippen LogP contribution in [0.15, 0.2) is 29.3 Å². The van der Waals surface area contributed by atoms with Crippen LogP contribution in [0.3, 0.4) is 0 Å². The van der Waals surface area contributed by atoms with Gasteiger partial charge in [0.05, 0.1) is 25.5 Å². The van der Waals surface area contributed by atoms with Gasteiger partial charge in [-0.05, 0) is 31.7 Å². The van der Waals surface area contributed by atoms with E-state index in [-0.39, 0.29) is 30.2 Å². The van der Waals surface area contributed by atoms with Crippen LogP contribution in [0.5, 0.6) is 0 Å². The third-order valence-corrected chi connectivity index (χ3v) is 6.37. The zero-order chi connectivity index (χ0) is 20.8. The molecule has 0 bridgehead atoms. The third kappa shape index (κ3) is 5.85. The van der Waals surface area contributed by atoms with E-state index in [0.29, 0.717) is 24.0 Å². The Balaban J connectivity index is 1.76. The fourth-order valence-electron chi connectivity index (χ4n) is 3.95. The second-order valence-electron chi connectivity index (χ2n) is 7.70. The molecule has 29 heavy (non-hydrogen) atoms. The van der Waals surface area contributed by atoms with Gasteiger partial charge in [0, 0.05) is 23.3 Å². The van der Waals surface area contributed by atoms with Crippen LogP contribution in [-0.4, -0.2) is 27.9 Å². The number of rotatable bonds is 9. The fourth-order valence-corrected chi connectivity index (χ4v) is 4.87. The van der Waals surface area contributed by atoms with Crippen molar-refractivity contribution in [3.63, 3.8) is 0 Å². The van der Waals surface area contributed by atoms with E-state index < -0.39 is 6.04 Å². The molecule has 2 aromatic rings. The van der Waals surface area contributed by atoms with Crippen molar-refractivity contribution in [3.8, 4) is 0 Å². The molecule has 0 unspecified atom stereocenters. The highest BCUT2D eigenvalue weighted by Gasteiger charge is 2.28. The molecular formula is C22H28N2O4S. The number of pyridine rings is 1. The molecular weight excluding hydrogens is 388 g/mol. The molecule has 2 heterocycles. The molecule has 0 aliphatic heterocycles. The Morgan fingerprint density at radius 3 is 2.76 bits per heavy atom. The lowest BCUT2D eigenvalue weighted by molar-refractivity contribution is -0.142. The minimum atomic E-state index is -0.470. The third-order valence-electron chi connectivity index (χ3n) is 5.38. The Morgan fingerprint density at radius 1 is 1.28 bits per heavy atom. The predicted molar refractivity (Wildman–Crippen MR) is 112 cm³/mol. The lowest BCUT2D eigenvalue weighted by Gasteiger charge is -2.22. The van der Waals surface area contributed by atoms with Crippen LogP contribution in [0.25, 0.3) is 0 Å². The maximum Gasteiger partial charge on any atom is 0.311 e. The first kappa shape index (κ1) is 21.4. The number of nitrogens with zero attached hydrogens (tertiary/aromatic N) is 2. The highest BCUT2D eigenvalue weighted by atomic mass is 32.1. The van der Waals surface area contributed by atoms with Gasteiger partial charge in [0.1, 0.15) is 5.01 Å². The lowest BCUT2D eigenvalue weighted by Crippen LogP contribution is -2.31. The van der Waals surface area contributed by atoms with Crippen molar-refractivity contribution in [1.82, 2.24) is 9.55 Å². The number of hydrogen-bond donors (Lipinski definition) is 0. The van der Waals surface area contributed by atoms with Crippen molar-refractivity contribution in [1.29, 1.82) is 0 Å². The molecule has 0 amide bonds. The Labute approximate surface area is 174 Å². The predicted octanol–water partition coefficient (Wildman–Crippen LogP) is 3.65. The van der Waals surface area contributed by atoms with E-state index >= 15 is 0 Å². The molecule has 1 aliphatic carbocycles. The van der Waals surface area contributed by atoms with E-state index in [1.165, 1.54) is 30.2 Å². The summed E-state index contributed by atoms with van der Waals surface area (Å²) >= 11 is 1.36. The number of hydrogen-bond acceptors (Lipinski definition) is 6. The number of ketones is 1. The summed E-state index contributed by atoms with van der Waals surface area (Å²) in [6, 6.07) is 2.84. The van der Waals surface area contributed by atoms with Crippen LogP contribution in [0.4, 0.5) is 0 Å². The maximum absolute atomic E-state index is 13.2. The van der Waals surface area contributed by atoms with E-state index in [0.717, 1.165) is 23.3 Å². The van der Waals surface area contributed by atoms with Crippen LogP contribution < -0.4 is 5.56 Å². The molecule has 7 heteroatoms. The van der Waals surface area contributed by atoms with Gasteiger partial charge in [-0.1, -0.05) is 31.7 Å². The van der Waals surface area contributed by atoms with Crippen molar-refractivity contribution in [2.24, 2.45) is 5.92 Å². The molecule has 1 aliphatic rings. The summed E-state index contributed by atoms with van der Waals surface area (Å²) in [5, 5.41) is 0.673. The zero-order valence-electron chi connectivity index (χ0n) is 17.1. The minimum Gasteiger partial charge on any atom is -0.466 e. The number of carbonyl (C=O) groups is 2. The molecule has 0 aromatic carbocycles. The Morgan fingerprint density at radius 2 is 2.03 bits per heavy atom. The number of thiazole rings is 1. The number of carbonyl (C=O) groups excluding carboxylic acids is 2. The average molecular weight is 417 g/mol. The molecule has 0 N–H and O–H groups in total. The summed E-state index contributed by atoms with van der Waals surface area (Å²) in [6.45, 7) is 4.04. The van der Waals surface area contributed by atoms with Gasteiger partial charge >= 0.3 is 5.97 Å². The number of Topliss-reactive ketones (excluding diaryl/α,β-unsaturated/α-hetero) is 1. The largest absolute Gasteiger partial charge is 0.466 e. The quantitative estimate of drug-likeness (QED) is 0.583. The second-order valence-corrected chi connectivity index (χ2v) is 8.90. The minimum absolute atomic E-state index is 0.00151. The van der Waals surface area contributed by atoms with Crippen LogP contribution >= 0.6 is 11.3 Å². The molecule has 3 rings (SSSR count). The van der Waals surface area contributed by atoms with Gasteiger partial charge in [0.25, 0.3) is 5.56 Å². The van der Waals surface area contributed by atoms with Crippen LogP contribution in [0, 0.1) is 12.8 Å². The van der Waals surface area contributed by atoms with Gasteiger partial charge in [-0.3, -0.25) is 14.4 Å². The molecule has 0 saturated heterocycles. The van der Waals surface area contributed by atoms with E-state index in [1.807, 2.05) is 6.92 Å². The van der Waals surface area contributed by atoms with Crippen LogP contribution in [0.2, 0.25) is 0 Å². The standard InChI is InChI=1S/C22H28N2O4S/c1-3-28-22(27)11-17-13-23-20(29-17)12-19(25)18(10-16-6-4-5-7-16)24-14-15(2)8-9-21(24)26/h8-9,13-14,16,18H,3-7,10-12H2,1-2H3/t18-/m0/s1. The average Bonchev–Trinajstić information content (AvgIpc) is 3.34. The monoisotopic (exact) mass is 416 g/mol. The highest BCUT2D eigenvalue weighted by Crippen LogP contribution is 2.32. The Kier molecular flexibility index (Phi) is 7.36. The van der Waals surface area contributed by atoms with Gasteiger partial charge in [-0.25, -0.2) is 4.98 Å². The fraction of sp³-hybridized carbons (Fsp3) is 0.545. The molecule has 0 spiro atoms. The maximum atomic E-state index is 13.2. The Bertz CT molecular complexity index is 912. The normalized spacial score (nSPS) is 15.4. The topological polar surface area (TPSA) is 78.3 Å². The summed E-state index contributed by atoms with van der Waals surface area (Å²) in [4.78, 5) is 42.4. The molecule has 1 saturated carbocycles. The van der Waals surface area contributed by atoms with Gasteiger partial charge in [-0.2, -0.15) is 0 Å². The first-order valence-corrected chi connectivity index (χ1v) is 11.1. The van der Waals surface area contributed by atoms with E-state index in [9.17, 15) is 14.4 Å². The molecule has 2 aromatic heterocycles. The Hall–Kier alpha value is -2.28. The SMILES string of the molecule is CCOC(=O)Cc1cnc(CC(=O)[C@H](CC2CCCC2)n2cc(C)ccc2=O)s1. The summed E-state index contributed by atoms with van der Waals surface area (Å²) in [7, 11) is 0. The van der Waals surface area contributed by atoms with Gasteiger partial charge < -0.3 is 9.30 Å². The van der Waals surface area contributed by atoms with Crippen molar-refractivity contribution < 1.29 is 14.3 Å². The first-order valence-electron chi connectivity index (χ1n) is 10.3. The number of esters is 1. The smallest absolute Gasteiger partial charge is 0.311 e. The zero-order valence-corrected chi connectivity index (χ0v) is 17.9. The molecule has 156 valence electrons. The second kappa shape index (κ2) is 9.96. The van der Waals surface area contributed by atoms with Crippen molar-refractivity contribution >= 4 is 23.1 Å². The molecule has 1 fully saturated rings. The van der Waals surface area contributed by atoms with Crippen molar-refractivity contribution in [3.05, 3.63) is 50.3 Å². The number of aryl methyl sites for hydroxylation is 1. The van der Waals surface area contributed by atoms with E-state index in [4.69, 9.17) is 4.74 Å². The number of ether oxygens (including phenoxy) is 1. The van der Waals surface area contributed by atoms with E-state index in [2.05, 4.69) is 4.98 Å². The summed E-state index contributed by atoms with van der Waals surface area (Å²) in [5.41, 5.74) is 0.814. The first-order chi connectivity index (χ1) is 14.0. The van der Waals surface area contributed by atoms with Crippen molar-refractivity contribution in [2.45, 2.75) is 64.8 Å². The molecule has 6 nitrogen and oxygen atoms in total. The lowest BCUT2D eigenvalue weighted by atomic mass is 9.94. The van der Waals surface area contributed by atoms with Gasteiger partial charge in [0.2, 0.25) is 0 Å². The summed E-state index contributed by atoms with van der Waals surface area (Å²) in [5.74, 6) is 0.188. The summed E-state index contributed by atoms with van der Waals surface area (Å²) in [6.07, 6.45) is 9.08. The van der Waals surface area contributed by atoms with Gasteiger partial charge in [-0.15, -0.1) is 11.3 Å². The van der Waals surface area contributed by atoms with Crippen molar-refractivity contribution in [2.75, 3.05) is 6.61 Å².